The largest absolute Gasteiger partial charge is 0.477 e. The van der Waals surface area contributed by atoms with E-state index >= 15 is 0 Å². The number of hydrogen-bond donors (Lipinski definition) is 1. The molecule has 1 N–H and O–H groups in total. The van der Waals surface area contributed by atoms with E-state index in [1.54, 1.807) is 30.2 Å². The van der Waals surface area contributed by atoms with Gasteiger partial charge in [0.05, 0.1) is 28.4 Å². The third-order valence-electron chi connectivity index (χ3n) is 5.91. The molecule has 1 aliphatic carbocycles. The van der Waals surface area contributed by atoms with Crippen LogP contribution in [0.4, 0.5) is 5.69 Å². The number of rotatable bonds is 6. The number of benzene rings is 2. The average molecular weight is 504 g/mol. The van der Waals surface area contributed by atoms with Gasteiger partial charge in [0.2, 0.25) is 0 Å². The molecular formula is C25H23Cl2NO4S. The summed E-state index contributed by atoms with van der Waals surface area (Å²) in [5, 5.41) is 10.7. The Morgan fingerprint density at radius 1 is 1.06 bits per heavy atom. The van der Waals surface area contributed by atoms with Crippen LogP contribution in [0.3, 0.4) is 0 Å². The molecule has 1 fully saturated rings. The smallest absolute Gasteiger partial charge is 0.348 e. The van der Waals surface area contributed by atoms with Crippen LogP contribution in [0.2, 0.25) is 10.0 Å². The molecule has 172 valence electrons. The van der Waals surface area contributed by atoms with Crippen molar-refractivity contribution in [3.05, 3.63) is 75.1 Å². The van der Waals surface area contributed by atoms with Crippen molar-refractivity contribution in [3.8, 4) is 10.4 Å². The Balaban J connectivity index is 1.88. The number of nitrogens with zero attached hydrogens (tertiary/aromatic N) is 1. The van der Waals surface area contributed by atoms with Crippen molar-refractivity contribution in [1.29, 1.82) is 0 Å². The Labute approximate surface area is 206 Å². The van der Waals surface area contributed by atoms with Crippen LogP contribution in [0.5, 0.6) is 0 Å². The predicted molar refractivity (Wildman–Crippen MR) is 133 cm³/mol. The Bertz CT molecular complexity index is 1160. The van der Waals surface area contributed by atoms with Crippen molar-refractivity contribution < 1.29 is 19.4 Å². The van der Waals surface area contributed by atoms with E-state index in [-0.39, 0.29) is 33.5 Å². The molecule has 5 nitrogen and oxygen atoms in total. The van der Waals surface area contributed by atoms with Crippen LogP contribution < -0.4 is 4.90 Å². The molecule has 1 aliphatic rings. The third-order valence-corrected chi connectivity index (χ3v) is 7.62. The molecule has 3 aromatic rings. The highest BCUT2D eigenvalue weighted by Gasteiger charge is 2.38. The molecule has 0 saturated heterocycles. The monoisotopic (exact) mass is 503 g/mol. The fourth-order valence-corrected chi connectivity index (χ4v) is 5.82. The van der Waals surface area contributed by atoms with Crippen molar-refractivity contribution in [1.82, 2.24) is 0 Å². The van der Waals surface area contributed by atoms with Gasteiger partial charge in [-0.1, -0.05) is 66.4 Å². The van der Waals surface area contributed by atoms with Gasteiger partial charge in [0, 0.05) is 17.0 Å². The number of carboxylic acids is 1. The van der Waals surface area contributed by atoms with Crippen molar-refractivity contribution in [3.63, 3.8) is 0 Å². The summed E-state index contributed by atoms with van der Waals surface area (Å²) >= 11 is 13.6. The van der Waals surface area contributed by atoms with Crippen molar-refractivity contribution in [2.75, 3.05) is 12.0 Å². The lowest BCUT2D eigenvalue weighted by Crippen LogP contribution is -2.50. The molecule has 1 unspecified atom stereocenters. The van der Waals surface area contributed by atoms with E-state index in [0.717, 1.165) is 41.0 Å². The molecule has 0 spiro atoms. The molecule has 2 atom stereocenters. The maximum atomic E-state index is 13.9. The van der Waals surface area contributed by atoms with E-state index in [4.69, 9.17) is 27.9 Å². The Morgan fingerprint density at radius 2 is 1.79 bits per heavy atom. The van der Waals surface area contributed by atoms with Crippen molar-refractivity contribution >= 4 is 52.1 Å². The van der Waals surface area contributed by atoms with Gasteiger partial charge >= 0.3 is 5.97 Å². The summed E-state index contributed by atoms with van der Waals surface area (Å²) in [6.07, 6.45) is 3.18. The number of halogens is 2. The Morgan fingerprint density at radius 3 is 2.45 bits per heavy atom. The minimum absolute atomic E-state index is 0.104. The molecule has 4 rings (SSSR count). The number of carbonyl (C=O) groups is 2. The highest BCUT2D eigenvalue weighted by molar-refractivity contribution is 7.18. The summed E-state index contributed by atoms with van der Waals surface area (Å²) in [6.45, 7) is 0. The number of hydrogen-bond acceptors (Lipinski definition) is 4. The van der Waals surface area contributed by atoms with E-state index < -0.39 is 5.97 Å². The van der Waals surface area contributed by atoms with Gasteiger partial charge in [0.15, 0.2) is 0 Å². The van der Waals surface area contributed by atoms with Crippen LogP contribution in [-0.2, 0) is 4.74 Å². The van der Waals surface area contributed by atoms with E-state index in [1.807, 2.05) is 30.3 Å². The molecule has 0 radical (unpaired) electrons. The molecule has 8 heteroatoms. The van der Waals surface area contributed by atoms with Crippen LogP contribution in [0.1, 0.15) is 45.7 Å². The summed E-state index contributed by atoms with van der Waals surface area (Å²) < 4.78 is 5.74. The first-order valence-corrected chi connectivity index (χ1v) is 12.2. The first-order valence-electron chi connectivity index (χ1n) is 10.6. The van der Waals surface area contributed by atoms with Gasteiger partial charge in [0.25, 0.3) is 5.91 Å². The minimum atomic E-state index is -1.08. The van der Waals surface area contributed by atoms with Gasteiger partial charge in [-0.15, -0.1) is 11.3 Å². The quantitative estimate of drug-likeness (QED) is 0.392. The van der Waals surface area contributed by atoms with Crippen LogP contribution in [0.15, 0.2) is 54.6 Å². The number of carbonyl (C=O) groups excluding carboxylic acids is 1. The standard InChI is InChI=1S/C25H23Cl2NO4S/c1-32-21-10-6-5-9-19(21)28(24(29)17-12-11-16(26)13-18(17)27)20-14-22(33-23(20)25(30)31)15-7-3-2-4-8-15/h2-4,7-8,11-14,19,21H,5-6,9-10H2,1H3,(H,30,31)/t19?,21-/m0/s1. The van der Waals surface area contributed by atoms with Crippen LogP contribution >= 0.6 is 34.5 Å². The lowest BCUT2D eigenvalue weighted by atomic mass is 9.90. The van der Waals surface area contributed by atoms with Gasteiger partial charge in [-0.3, -0.25) is 4.79 Å². The third kappa shape index (κ3) is 4.94. The first-order chi connectivity index (χ1) is 15.9. The van der Waals surface area contributed by atoms with Crippen LogP contribution in [-0.4, -0.2) is 36.2 Å². The lowest BCUT2D eigenvalue weighted by Gasteiger charge is -2.39. The second-order valence-electron chi connectivity index (χ2n) is 7.92. The van der Waals surface area contributed by atoms with E-state index in [9.17, 15) is 14.7 Å². The maximum Gasteiger partial charge on any atom is 0.348 e. The molecule has 33 heavy (non-hydrogen) atoms. The fourth-order valence-electron chi connectivity index (χ4n) is 4.34. The van der Waals surface area contributed by atoms with Crippen LogP contribution in [0.25, 0.3) is 10.4 Å². The molecule has 1 aromatic heterocycles. The molecule has 0 bridgehead atoms. The number of methoxy groups -OCH3 is 1. The second-order valence-corrected chi connectivity index (χ2v) is 9.82. The van der Waals surface area contributed by atoms with Crippen molar-refractivity contribution in [2.45, 2.75) is 37.8 Å². The average Bonchev–Trinajstić information content (AvgIpc) is 3.25. The fraction of sp³-hybridized carbons (Fsp3) is 0.280. The Hall–Kier alpha value is -2.38. The van der Waals surface area contributed by atoms with E-state index in [0.29, 0.717) is 17.1 Å². The highest BCUT2D eigenvalue weighted by atomic mass is 35.5. The number of aromatic carboxylic acids is 1. The van der Waals surface area contributed by atoms with Crippen molar-refractivity contribution in [2.24, 2.45) is 0 Å². The number of ether oxygens (including phenoxy) is 1. The second kappa shape index (κ2) is 10.3. The van der Waals surface area contributed by atoms with Gasteiger partial charge in [-0.2, -0.15) is 0 Å². The summed E-state index contributed by atoms with van der Waals surface area (Å²) in [4.78, 5) is 28.6. The lowest BCUT2D eigenvalue weighted by molar-refractivity contribution is 0.0485. The van der Waals surface area contributed by atoms with Gasteiger partial charge in [0.1, 0.15) is 4.88 Å². The van der Waals surface area contributed by atoms with Crippen LogP contribution in [0, 0.1) is 0 Å². The summed E-state index contributed by atoms with van der Waals surface area (Å²) in [7, 11) is 1.63. The Kier molecular flexibility index (Phi) is 7.39. The van der Waals surface area contributed by atoms with E-state index in [2.05, 4.69) is 0 Å². The highest BCUT2D eigenvalue weighted by Crippen LogP contribution is 2.41. The topological polar surface area (TPSA) is 66.8 Å². The molecule has 2 aromatic carbocycles. The number of amides is 1. The SMILES string of the molecule is CO[C@H]1CCCCC1N(C(=O)c1ccc(Cl)cc1Cl)c1cc(-c2ccccc2)sc1C(=O)O. The summed E-state index contributed by atoms with van der Waals surface area (Å²) in [6, 6.07) is 15.7. The number of thiophene rings is 1. The number of anilines is 1. The number of carboxylic acid groups (broad SMARTS) is 1. The molecule has 1 amide bonds. The molecular weight excluding hydrogens is 481 g/mol. The summed E-state index contributed by atoms with van der Waals surface area (Å²) in [5.74, 6) is -1.45. The normalized spacial score (nSPS) is 18.2. The predicted octanol–water partition coefficient (Wildman–Crippen LogP) is 7.02. The molecule has 1 heterocycles. The molecule has 0 aliphatic heterocycles. The zero-order chi connectivity index (χ0) is 23.5. The summed E-state index contributed by atoms with van der Waals surface area (Å²) in [5.41, 5.74) is 1.52. The van der Waals surface area contributed by atoms with Gasteiger partial charge < -0.3 is 14.7 Å². The maximum absolute atomic E-state index is 13.9. The zero-order valence-corrected chi connectivity index (χ0v) is 20.3. The van der Waals surface area contributed by atoms with Gasteiger partial charge in [-0.05, 0) is 42.7 Å². The van der Waals surface area contributed by atoms with Gasteiger partial charge in [-0.25, -0.2) is 4.79 Å². The minimum Gasteiger partial charge on any atom is -0.477 e. The zero-order valence-electron chi connectivity index (χ0n) is 18.0. The van der Waals surface area contributed by atoms with E-state index in [1.165, 1.54) is 6.07 Å². The first kappa shape index (κ1) is 23.8. The molecule has 1 saturated carbocycles.